The highest BCUT2D eigenvalue weighted by molar-refractivity contribution is 6.32. The number of hydrogen-bond donors (Lipinski definition) is 0. The van der Waals surface area contributed by atoms with Gasteiger partial charge in [0.1, 0.15) is 16.7 Å². The third-order valence-electron chi connectivity index (χ3n) is 6.19. The molecule has 1 aromatic heterocycles. The van der Waals surface area contributed by atoms with Gasteiger partial charge >= 0.3 is 12.1 Å². The van der Waals surface area contributed by atoms with Crippen LogP contribution in [0.4, 0.5) is 18.9 Å². The molecule has 2 aromatic carbocycles. The molecule has 1 amide bonds. The molecule has 0 N–H and O–H groups in total. The summed E-state index contributed by atoms with van der Waals surface area (Å²) >= 11 is 12.4. The van der Waals surface area contributed by atoms with Gasteiger partial charge in [-0.1, -0.05) is 42.3 Å². The number of carbonyl (C=O) groups excluding carboxylic acids is 2. The number of ether oxygens (including phenoxy) is 3. The molecule has 2 atom stereocenters. The summed E-state index contributed by atoms with van der Waals surface area (Å²) in [5.74, 6) is -3.46. The summed E-state index contributed by atoms with van der Waals surface area (Å²) in [6.07, 6.45) is -4.62. The predicted octanol–water partition coefficient (Wildman–Crippen LogP) is 6.77. The molecule has 0 saturated heterocycles. The smallest absolute Gasteiger partial charge is 0.396 e. The van der Waals surface area contributed by atoms with E-state index in [0.29, 0.717) is 5.75 Å². The SMILES string of the molecule is COC(=O)c1ccc(Oc2ccc(C(C)C(c3ccc4c(c3)N(C)C(=O)CO4)C(F)(F)F)c(Cl)c2)nc1Cl. The van der Waals surface area contributed by atoms with E-state index in [9.17, 15) is 22.8 Å². The largest absolute Gasteiger partial charge is 0.482 e. The molecule has 0 aliphatic carbocycles. The summed E-state index contributed by atoms with van der Waals surface area (Å²) in [5, 5.41) is -0.0865. The number of aromatic nitrogens is 1. The molecule has 0 spiro atoms. The van der Waals surface area contributed by atoms with Gasteiger partial charge in [-0.15, -0.1) is 0 Å². The molecule has 1 aliphatic heterocycles. The molecule has 200 valence electrons. The Morgan fingerprint density at radius 3 is 2.50 bits per heavy atom. The first-order chi connectivity index (χ1) is 17.9. The van der Waals surface area contributed by atoms with Crippen LogP contribution in [0.25, 0.3) is 0 Å². The normalized spacial score (nSPS) is 14.8. The van der Waals surface area contributed by atoms with E-state index in [4.69, 9.17) is 32.7 Å². The van der Waals surface area contributed by atoms with Crippen molar-refractivity contribution < 1.29 is 37.0 Å². The van der Waals surface area contributed by atoms with Gasteiger partial charge in [-0.2, -0.15) is 13.2 Å². The highest BCUT2D eigenvalue weighted by atomic mass is 35.5. The van der Waals surface area contributed by atoms with Crippen molar-refractivity contribution >= 4 is 40.8 Å². The Labute approximate surface area is 226 Å². The number of alkyl halides is 3. The quantitative estimate of drug-likeness (QED) is 0.241. The minimum atomic E-state index is -4.62. The standard InChI is InChI=1S/C26H21Cl2F3N2O5/c1-13(23(26(29,30)31)14-4-8-20-19(10-14)33(2)22(34)12-37-20)16-6-5-15(11-18(16)27)38-21-9-7-17(24(28)32-21)25(35)36-3/h4-11,13,23H,12H2,1-3H3. The van der Waals surface area contributed by atoms with E-state index in [0.717, 1.165) is 0 Å². The Balaban J connectivity index is 1.62. The number of amides is 1. The van der Waals surface area contributed by atoms with Crippen molar-refractivity contribution in [3.63, 3.8) is 0 Å². The summed E-state index contributed by atoms with van der Waals surface area (Å²) in [7, 11) is 2.69. The average molecular weight is 569 g/mol. The molecule has 3 aromatic rings. The molecule has 2 unspecified atom stereocenters. The van der Waals surface area contributed by atoms with Crippen LogP contribution in [-0.2, 0) is 9.53 Å². The molecule has 0 fully saturated rings. The lowest BCUT2D eigenvalue weighted by molar-refractivity contribution is -0.154. The van der Waals surface area contributed by atoms with Crippen LogP contribution in [-0.4, -0.2) is 43.8 Å². The predicted molar refractivity (Wildman–Crippen MR) is 135 cm³/mol. The number of fused-ring (bicyclic) bond motifs is 1. The van der Waals surface area contributed by atoms with Crippen molar-refractivity contribution in [3.05, 3.63) is 75.4 Å². The maximum atomic E-state index is 14.4. The van der Waals surface area contributed by atoms with Crippen molar-refractivity contribution in [3.8, 4) is 17.4 Å². The summed E-state index contributed by atoms with van der Waals surface area (Å²) in [5.41, 5.74) is 0.521. The molecule has 7 nitrogen and oxygen atoms in total. The number of halogens is 5. The summed E-state index contributed by atoms with van der Waals surface area (Å²) < 4.78 is 58.7. The maximum absolute atomic E-state index is 14.4. The van der Waals surface area contributed by atoms with Gasteiger partial charge in [0, 0.05) is 18.1 Å². The van der Waals surface area contributed by atoms with Gasteiger partial charge in [-0.05, 0) is 47.4 Å². The lowest BCUT2D eigenvalue weighted by atomic mass is 9.81. The number of likely N-dealkylation sites (N-methyl/N-ethyl adjacent to an activating group) is 1. The van der Waals surface area contributed by atoms with E-state index < -0.39 is 24.0 Å². The van der Waals surface area contributed by atoms with Gasteiger partial charge in [-0.3, -0.25) is 4.79 Å². The Morgan fingerprint density at radius 1 is 1.13 bits per heavy atom. The molecule has 0 saturated carbocycles. The fraction of sp³-hybridized carbons (Fsp3) is 0.269. The van der Waals surface area contributed by atoms with Crippen molar-refractivity contribution in [2.45, 2.75) is 24.9 Å². The molecule has 0 bridgehead atoms. The Bertz CT molecular complexity index is 1400. The van der Waals surface area contributed by atoms with Gasteiger partial charge in [0.2, 0.25) is 5.88 Å². The Morgan fingerprint density at radius 2 is 1.87 bits per heavy atom. The molecule has 1 aliphatic rings. The highest BCUT2D eigenvalue weighted by Gasteiger charge is 2.45. The monoisotopic (exact) mass is 568 g/mol. The van der Waals surface area contributed by atoms with E-state index in [1.807, 2.05) is 0 Å². The van der Waals surface area contributed by atoms with Gasteiger partial charge in [0.25, 0.3) is 5.91 Å². The van der Waals surface area contributed by atoms with Crippen molar-refractivity contribution in [2.24, 2.45) is 0 Å². The maximum Gasteiger partial charge on any atom is 0.396 e. The zero-order valence-electron chi connectivity index (χ0n) is 20.3. The van der Waals surface area contributed by atoms with E-state index in [1.54, 1.807) is 0 Å². The zero-order valence-corrected chi connectivity index (χ0v) is 21.8. The van der Waals surface area contributed by atoms with Crippen molar-refractivity contribution in [1.29, 1.82) is 0 Å². The second-order valence-corrected chi connectivity index (χ2v) is 9.31. The number of rotatable bonds is 6. The molecular formula is C26H21Cl2F3N2O5. The number of nitrogens with zero attached hydrogens (tertiary/aromatic N) is 2. The first-order valence-corrected chi connectivity index (χ1v) is 12.0. The number of pyridine rings is 1. The zero-order chi connectivity index (χ0) is 27.8. The second kappa shape index (κ2) is 10.7. The van der Waals surface area contributed by atoms with E-state index >= 15 is 0 Å². The molecule has 4 rings (SSSR count). The molecule has 2 heterocycles. The van der Waals surface area contributed by atoms with E-state index in [1.165, 1.54) is 74.5 Å². The fourth-order valence-electron chi connectivity index (χ4n) is 4.22. The molecular weight excluding hydrogens is 548 g/mol. The van der Waals surface area contributed by atoms with Crippen LogP contribution >= 0.6 is 23.2 Å². The Hall–Kier alpha value is -3.50. The molecule has 12 heteroatoms. The number of benzene rings is 2. The van der Waals surface area contributed by atoms with Crippen molar-refractivity contribution in [2.75, 3.05) is 25.7 Å². The fourth-order valence-corrected chi connectivity index (χ4v) is 4.79. The first kappa shape index (κ1) is 27.5. The molecule has 38 heavy (non-hydrogen) atoms. The third-order valence-corrected chi connectivity index (χ3v) is 6.81. The number of hydrogen-bond acceptors (Lipinski definition) is 6. The van der Waals surface area contributed by atoms with E-state index in [2.05, 4.69) is 9.72 Å². The number of esters is 1. The van der Waals surface area contributed by atoms with Crippen LogP contribution < -0.4 is 14.4 Å². The second-order valence-electron chi connectivity index (χ2n) is 8.54. The summed E-state index contributed by atoms with van der Waals surface area (Å²) in [6, 6.07) is 11.1. The minimum Gasteiger partial charge on any atom is -0.482 e. The van der Waals surface area contributed by atoms with Gasteiger partial charge in [0.05, 0.1) is 24.3 Å². The van der Waals surface area contributed by atoms with Gasteiger partial charge in [0.15, 0.2) is 6.61 Å². The summed E-state index contributed by atoms with van der Waals surface area (Å²) in [4.78, 5) is 28.9. The number of methoxy groups -OCH3 is 1. The van der Waals surface area contributed by atoms with Crippen LogP contribution in [0.2, 0.25) is 10.2 Å². The van der Waals surface area contributed by atoms with Crippen LogP contribution in [0, 0.1) is 0 Å². The highest BCUT2D eigenvalue weighted by Crippen LogP contribution is 2.48. The third kappa shape index (κ3) is 5.51. The minimum absolute atomic E-state index is 0.0326. The van der Waals surface area contributed by atoms with Crippen LogP contribution in [0.5, 0.6) is 17.4 Å². The van der Waals surface area contributed by atoms with Gasteiger partial charge in [-0.25, -0.2) is 9.78 Å². The van der Waals surface area contributed by atoms with Crippen LogP contribution in [0.3, 0.4) is 0 Å². The Kier molecular flexibility index (Phi) is 7.75. The van der Waals surface area contributed by atoms with E-state index in [-0.39, 0.29) is 56.7 Å². The average Bonchev–Trinajstić information content (AvgIpc) is 2.85. The lowest BCUT2D eigenvalue weighted by Gasteiger charge is -2.31. The molecule has 0 radical (unpaired) electrons. The van der Waals surface area contributed by atoms with Crippen LogP contribution in [0.1, 0.15) is 40.2 Å². The number of carbonyl (C=O) groups is 2. The first-order valence-electron chi connectivity index (χ1n) is 11.2. The van der Waals surface area contributed by atoms with Crippen LogP contribution in [0.15, 0.2) is 48.5 Å². The summed E-state index contributed by atoms with van der Waals surface area (Å²) in [6.45, 7) is 1.25. The van der Waals surface area contributed by atoms with Gasteiger partial charge < -0.3 is 19.1 Å². The lowest BCUT2D eigenvalue weighted by Crippen LogP contribution is -2.35. The topological polar surface area (TPSA) is 78.0 Å². The number of anilines is 1. The van der Waals surface area contributed by atoms with Crippen molar-refractivity contribution in [1.82, 2.24) is 4.98 Å².